The Morgan fingerprint density at radius 1 is 1.19 bits per heavy atom. The molecule has 0 radical (unpaired) electrons. The van der Waals surface area contributed by atoms with Crippen molar-refractivity contribution in [1.29, 1.82) is 0 Å². The van der Waals surface area contributed by atoms with Gasteiger partial charge in [-0.15, -0.1) is 0 Å². The van der Waals surface area contributed by atoms with E-state index in [4.69, 9.17) is 16.3 Å². The van der Waals surface area contributed by atoms with Crippen LogP contribution in [0.5, 0.6) is 0 Å². The first-order valence-electron chi connectivity index (χ1n) is 11.3. The highest BCUT2D eigenvalue weighted by Gasteiger charge is 2.34. The predicted molar refractivity (Wildman–Crippen MR) is 125 cm³/mol. The Hall–Kier alpha value is -1.60. The molecule has 1 aromatic heterocycles. The second-order valence-corrected chi connectivity index (χ2v) is 9.76. The molecule has 3 atom stereocenters. The van der Waals surface area contributed by atoms with Crippen LogP contribution in [0.25, 0.3) is 22.4 Å². The average molecular weight is 567 g/mol. The summed E-state index contributed by atoms with van der Waals surface area (Å²) >= 11 is 6.28. The number of fused-ring (bicyclic) bond motifs is 1. The van der Waals surface area contributed by atoms with Crippen LogP contribution in [0.15, 0.2) is 48.5 Å². The molecular weight excluding hydrogens is 535 g/mol. The molecule has 0 unspecified atom stereocenters. The lowest BCUT2D eigenvalue weighted by Gasteiger charge is -2.36. The zero-order valence-corrected chi connectivity index (χ0v) is 22.1. The molecule has 1 aliphatic carbocycles. The molecule has 2 aromatic carbocycles. The SMILES string of the molecule is CC(C)[C@@H]1CC[C@@H](C)C[C@H]1OC(=O)Cn1c(-c2cccc(Cl)c2)[n+](C)c2ccccc21.[I-]. The summed E-state index contributed by atoms with van der Waals surface area (Å²) in [7, 11) is 2.03. The summed E-state index contributed by atoms with van der Waals surface area (Å²) in [6.45, 7) is 6.91. The van der Waals surface area contributed by atoms with E-state index in [0.29, 0.717) is 22.8 Å². The maximum absolute atomic E-state index is 13.2. The number of para-hydroxylation sites is 2. The van der Waals surface area contributed by atoms with Crippen LogP contribution in [0, 0.1) is 17.8 Å². The van der Waals surface area contributed by atoms with E-state index in [1.54, 1.807) is 0 Å². The molecule has 172 valence electrons. The first-order valence-corrected chi connectivity index (χ1v) is 11.7. The van der Waals surface area contributed by atoms with Gasteiger partial charge in [0.15, 0.2) is 17.6 Å². The first kappa shape index (κ1) is 25.0. The Balaban J connectivity index is 0.00000289. The number of benzene rings is 2. The van der Waals surface area contributed by atoms with Gasteiger partial charge in [0.05, 0.1) is 12.6 Å². The van der Waals surface area contributed by atoms with Crippen molar-refractivity contribution in [2.45, 2.75) is 52.7 Å². The van der Waals surface area contributed by atoms with Crippen LogP contribution < -0.4 is 28.5 Å². The topological polar surface area (TPSA) is 35.1 Å². The van der Waals surface area contributed by atoms with E-state index in [9.17, 15) is 4.79 Å². The highest BCUT2D eigenvalue weighted by Crippen LogP contribution is 2.35. The van der Waals surface area contributed by atoms with Gasteiger partial charge >= 0.3 is 5.97 Å². The van der Waals surface area contributed by atoms with Gasteiger partial charge in [0, 0.05) is 5.02 Å². The molecule has 0 N–H and O–H groups in total. The van der Waals surface area contributed by atoms with E-state index >= 15 is 0 Å². The first-order chi connectivity index (χ1) is 14.8. The fraction of sp³-hybridized carbons (Fsp3) is 0.462. The molecule has 3 aromatic rings. The van der Waals surface area contributed by atoms with E-state index in [0.717, 1.165) is 35.3 Å². The van der Waals surface area contributed by atoms with Gasteiger partial charge in [0.2, 0.25) is 0 Å². The summed E-state index contributed by atoms with van der Waals surface area (Å²) in [6, 6.07) is 15.9. The van der Waals surface area contributed by atoms with Gasteiger partial charge in [-0.25, -0.2) is 13.9 Å². The van der Waals surface area contributed by atoms with Crippen LogP contribution in [-0.4, -0.2) is 16.6 Å². The quantitative estimate of drug-likeness (QED) is 0.271. The molecular formula is C26H32ClIN2O2. The molecule has 4 rings (SSSR count). The number of hydrogen-bond donors (Lipinski definition) is 0. The summed E-state index contributed by atoms with van der Waals surface area (Å²) < 4.78 is 10.3. The van der Waals surface area contributed by atoms with Crippen molar-refractivity contribution in [2.75, 3.05) is 0 Å². The number of carbonyl (C=O) groups excluding carboxylic acids is 1. The Bertz CT molecular complexity index is 1090. The van der Waals surface area contributed by atoms with Crippen molar-refractivity contribution >= 4 is 28.6 Å². The minimum absolute atomic E-state index is 0. The third-order valence-corrected chi connectivity index (χ3v) is 6.96. The molecule has 4 nitrogen and oxygen atoms in total. The van der Waals surface area contributed by atoms with E-state index in [-0.39, 0.29) is 42.6 Å². The third-order valence-electron chi connectivity index (χ3n) is 6.72. The maximum atomic E-state index is 13.2. The van der Waals surface area contributed by atoms with Gasteiger partial charge < -0.3 is 28.7 Å². The van der Waals surface area contributed by atoms with Crippen molar-refractivity contribution < 1.29 is 38.1 Å². The van der Waals surface area contributed by atoms with Crippen LogP contribution in [0.4, 0.5) is 0 Å². The lowest BCUT2D eigenvalue weighted by Crippen LogP contribution is -3.00. The van der Waals surface area contributed by atoms with E-state index in [2.05, 4.69) is 42.0 Å². The number of imidazole rings is 1. The molecule has 0 spiro atoms. The third kappa shape index (κ3) is 5.14. The molecule has 0 saturated heterocycles. The highest BCUT2D eigenvalue weighted by atomic mass is 127. The van der Waals surface area contributed by atoms with Crippen LogP contribution >= 0.6 is 11.6 Å². The number of carbonyl (C=O) groups is 1. The zero-order chi connectivity index (χ0) is 22.1. The summed E-state index contributed by atoms with van der Waals surface area (Å²) in [5.74, 6) is 2.31. The molecule has 0 bridgehead atoms. The summed E-state index contributed by atoms with van der Waals surface area (Å²) in [5.41, 5.74) is 3.05. The van der Waals surface area contributed by atoms with Gasteiger partial charge in [0.25, 0.3) is 5.82 Å². The second kappa shape index (κ2) is 10.6. The minimum atomic E-state index is -0.172. The Kier molecular flexibility index (Phi) is 8.26. The number of hydrogen-bond acceptors (Lipinski definition) is 2. The second-order valence-electron chi connectivity index (χ2n) is 9.32. The summed E-state index contributed by atoms with van der Waals surface area (Å²) in [4.78, 5) is 13.2. The van der Waals surface area contributed by atoms with Crippen molar-refractivity contribution in [3.8, 4) is 11.4 Å². The standard InChI is InChI=1S/C26H32ClN2O2.HI/c1-17(2)21-13-12-18(3)14-24(21)31-25(30)16-29-23-11-6-5-10-22(23)28(4)26(29)19-8-7-9-20(27)15-19;/h5-11,15,17-18,21,24H,12-14,16H2,1-4H3;1H/q+1;/p-1/t18-,21+,24-;/m1./s1. The van der Waals surface area contributed by atoms with Crippen LogP contribution in [0.1, 0.15) is 40.0 Å². The zero-order valence-electron chi connectivity index (χ0n) is 19.2. The fourth-order valence-electron chi connectivity index (χ4n) is 5.11. The molecule has 1 saturated carbocycles. The number of ether oxygens (including phenoxy) is 1. The maximum Gasteiger partial charge on any atom is 0.348 e. The minimum Gasteiger partial charge on any atom is -1.00 e. The Morgan fingerprint density at radius 3 is 2.66 bits per heavy atom. The van der Waals surface area contributed by atoms with Gasteiger partial charge in [-0.05, 0) is 60.9 Å². The van der Waals surface area contributed by atoms with E-state index in [1.807, 2.05) is 43.4 Å². The van der Waals surface area contributed by atoms with E-state index < -0.39 is 0 Å². The smallest absolute Gasteiger partial charge is 0.348 e. The highest BCUT2D eigenvalue weighted by molar-refractivity contribution is 6.30. The molecule has 1 fully saturated rings. The van der Waals surface area contributed by atoms with Crippen molar-refractivity contribution in [3.05, 3.63) is 53.6 Å². The number of nitrogens with zero attached hydrogens (tertiary/aromatic N) is 2. The van der Waals surface area contributed by atoms with E-state index in [1.165, 1.54) is 6.42 Å². The van der Waals surface area contributed by atoms with Crippen molar-refractivity contribution in [1.82, 2.24) is 4.57 Å². The van der Waals surface area contributed by atoms with Crippen molar-refractivity contribution in [3.63, 3.8) is 0 Å². The lowest BCUT2D eigenvalue weighted by atomic mass is 9.75. The normalized spacial score (nSPS) is 20.9. The molecule has 6 heteroatoms. The molecule has 1 aliphatic rings. The van der Waals surface area contributed by atoms with Gasteiger partial charge in [0.1, 0.15) is 6.10 Å². The molecule has 32 heavy (non-hydrogen) atoms. The Morgan fingerprint density at radius 2 is 1.94 bits per heavy atom. The monoisotopic (exact) mass is 566 g/mol. The van der Waals surface area contributed by atoms with Gasteiger partial charge in [-0.1, -0.05) is 57.0 Å². The number of halogens is 2. The largest absolute Gasteiger partial charge is 1.00 e. The predicted octanol–water partition coefficient (Wildman–Crippen LogP) is 2.79. The number of esters is 1. The summed E-state index contributed by atoms with van der Waals surface area (Å²) in [5, 5.41) is 0.674. The Labute approximate surface area is 212 Å². The number of aromatic nitrogens is 2. The summed E-state index contributed by atoms with van der Waals surface area (Å²) in [6.07, 6.45) is 3.30. The number of rotatable bonds is 5. The molecule has 1 heterocycles. The van der Waals surface area contributed by atoms with Crippen molar-refractivity contribution in [2.24, 2.45) is 24.8 Å². The molecule has 0 aliphatic heterocycles. The number of aryl methyl sites for hydroxylation is 1. The van der Waals surface area contributed by atoms with Crippen LogP contribution in [0.2, 0.25) is 5.02 Å². The average Bonchev–Trinajstić information content (AvgIpc) is 2.99. The van der Waals surface area contributed by atoms with Gasteiger partial charge in [-0.3, -0.25) is 0 Å². The van der Waals surface area contributed by atoms with Crippen LogP contribution in [0.3, 0.4) is 0 Å². The fourth-order valence-corrected chi connectivity index (χ4v) is 5.30. The van der Waals surface area contributed by atoms with Crippen LogP contribution in [-0.2, 0) is 23.1 Å². The lowest BCUT2D eigenvalue weighted by molar-refractivity contribution is -0.634. The van der Waals surface area contributed by atoms with Gasteiger partial charge in [-0.2, -0.15) is 0 Å². The molecule has 0 amide bonds.